The molecule has 0 bridgehead atoms. The van der Waals surface area contributed by atoms with Crippen molar-refractivity contribution in [2.24, 2.45) is 0 Å². The molecule has 0 atom stereocenters. The summed E-state index contributed by atoms with van der Waals surface area (Å²) in [6.07, 6.45) is 2.89. The Labute approximate surface area is 186 Å². The Morgan fingerprint density at radius 2 is 1.07 bits per heavy atom. The van der Waals surface area contributed by atoms with Crippen LogP contribution in [0, 0.1) is 0 Å². The van der Waals surface area contributed by atoms with E-state index in [0.717, 1.165) is 37.1 Å². The van der Waals surface area contributed by atoms with E-state index in [0.29, 0.717) is 22.9 Å². The van der Waals surface area contributed by atoms with Crippen LogP contribution in [-0.4, -0.2) is 46.8 Å². The maximum atomic E-state index is 12.8. The summed E-state index contributed by atoms with van der Waals surface area (Å²) in [4.78, 5) is 29.6. The first kappa shape index (κ1) is 19.9. The van der Waals surface area contributed by atoms with Gasteiger partial charge in [0.25, 0.3) is 0 Å². The molecule has 2 heterocycles. The zero-order valence-electron chi connectivity index (χ0n) is 16.6. The fraction of sp³-hybridized carbons (Fsp3) is 0.417. The number of likely N-dealkylation sites (tertiary alicyclic amines) is 2. The predicted molar refractivity (Wildman–Crippen MR) is 118 cm³/mol. The Morgan fingerprint density at radius 3 is 1.40 bits per heavy atom. The third-order valence-corrected chi connectivity index (χ3v) is 7.63. The highest BCUT2D eigenvalue weighted by atomic mass is 35.5. The van der Waals surface area contributed by atoms with Gasteiger partial charge in [0.1, 0.15) is 0 Å². The Bertz CT molecular complexity index is 907. The first-order valence-electron chi connectivity index (χ1n) is 10.7. The Hall–Kier alpha value is -2.04. The van der Waals surface area contributed by atoms with Gasteiger partial charge in [-0.25, -0.2) is 0 Å². The zero-order valence-corrected chi connectivity index (χ0v) is 18.1. The van der Waals surface area contributed by atoms with E-state index >= 15 is 0 Å². The van der Waals surface area contributed by atoms with E-state index in [1.807, 2.05) is 58.3 Å². The molecule has 0 aromatic heterocycles. The highest BCUT2D eigenvalue weighted by molar-refractivity contribution is 6.32. The van der Waals surface area contributed by atoms with Gasteiger partial charge < -0.3 is 9.80 Å². The second-order valence-corrected chi connectivity index (χ2v) is 9.27. The van der Waals surface area contributed by atoms with Crippen molar-refractivity contribution in [2.75, 3.05) is 13.1 Å². The zero-order chi connectivity index (χ0) is 20.8. The number of carbonyl (C=O) groups is 2. The van der Waals surface area contributed by atoms with Crippen LogP contribution in [0.3, 0.4) is 0 Å². The van der Waals surface area contributed by atoms with E-state index < -0.39 is 0 Å². The quantitative estimate of drug-likeness (QED) is 0.678. The van der Waals surface area contributed by atoms with Crippen LogP contribution in [0.1, 0.15) is 48.6 Å². The highest BCUT2D eigenvalue weighted by Crippen LogP contribution is 2.56. The minimum Gasteiger partial charge on any atom is -0.338 e. The van der Waals surface area contributed by atoms with Gasteiger partial charge in [-0.05, 0) is 36.1 Å². The van der Waals surface area contributed by atoms with Crippen LogP contribution in [0.2, 0.25) is 10.0 Å². The van der Waals surface area contributed by atoms with Crippen molar-refractivity contribution in [1.82, 2.24) is 9.80 Å². The van der Waals surface area contributed by atoms with E-state index in [1.165, 1.54) is 0 Å². The van der Waals surface area contributed by atoms with Crippen molar-refractivity contribution in [3.05, 3.63) is 69.7 Å². The molecule has 4 nitrogen and oxygen atoms in total. The monoisotopic (exact) mass is 442 g/mol. The van der Waals surface area contributed by atoms with Crippen molar-refractivity contribution in [1.29, 1.82) is 0 Å². The van der Waals surface area contributed by atoms with Crippen LogP contribution < -0.4 is 0 Å². The molecule has 2 aromatic rings. The molecule has 2 saturated heterocycles. The molecule has 0 N–H and O–H groups in total. The van der Waals surface area contributed by atoms with Crippen molar-refractivity contribution in [2.45, 2.75) is 49.6 Å². The number of hydrogen-bond acceptors (Lipinski definition) is 2. The lowest BCUT2D eigenvalue weighted by Crippen LogP contribution is -2.66. The van der Waals surface area contributed by atoms with Crippen LogP contribution >= 0.6 is 23.2 Å². The number of rotatable bonds is 4. The van der Waals surface area contributed by atoms with Crippen molar-refractivity contribution >= 4 is 35.0 Å². The summed E-state index contributed by atoms with van der Waals surface area (Å²) >= 11 is 13.3. The predicted octanol–water partition coefficient (Wildman–Crippen LogP) is 4.86. The maximum absolute atomic E-state index is 12.8. The number of hydrogen-bond donors (Lipinski definition) is 0. The average molecular weight is 443 g/mol. The molecule has 5 rings (SSSR count). The second-order valence-electron chi connectivity index (χ2n) is 8.46. The molecule has 1 aliphatic carbocycles. The van der Waals surface area contributed by atoms with Crippen LogP contribution in [0.4, 0.5) is 0 Å². The molecule has 2 amide bonds. The third kappa shape index (κ3) is 3.12. The number of nitrogens with zero attached hydrogens (tertiary/aromatic N) is 2. The van der Waals surface area contributed by atoms with E-state index in [2.05, 4.69) is 0 Å². The first-order valence-corrected chi connectivity index (χ1v) is 11.4. The highest BCUT2D eigenvalue weighted by Gasteiger charge is 2.59. The Kier molecular flexibility index (Phi) is 5.24. The van der Waals surface area contributed by atoms with E-state index in [9.17, 15) is 9.59 Å². The summed E-state index contributed by atoms with van der Waals surface area (Å²) in [5.41, 5.74) is 2.02. The molecule has 1 saturated carbocycles. The van der Waals surface area contributed by atoms with Gasteiger partial charge in [-0.3, -0.25) is 9.59 Å². The van der Waals surface area contributed by atoms with Gasteiger partial charge in [0.2, 0.25) is 11.8 Å². The van der Waals surface area contributed by atoms with Gasteiger partial charge in [0.05, 0.1) is 0 Å². The summed E-state index contributed by atoms with van der Waals surface area (Å²) in [5, 5.41) is 1.38. The molecule has 0 radical (unpaired) electrons. The fourth-order valence-electron chi connectivity index (χ4n) is 5.68. The van der Waals surface area contributed by atoms with Crippen LogP contribution in [0.25, 0.3) is 0 Å². The van der Waals surface area contributed by atoms with Crippen molar-refractivity contribution in [3.8, 4) is 0 Å². The summed E-state index contributed by atoms with van der Waals surface area (Å²) in [5.74, 6) is 0.314. The average Bonchev–Trinajstić information content (AvgIpc) is 3.33. The van der Waals surface area contributed by atoms with Crippen LogP contribution in [0.5, 0.6) is 0 Å². The minimum atomic E-state index is -0.0572. The van der Waals surface area contributed by atoms with E-state index in [1.54, 1.807) is 0 Å². The minimum absolute atomic E-state index is 0.0240. The summed E-state index contributed by atoms with van der Waals surface area (Å²) < 4.78 is 0. The van der Waals surface area contributed by atoms with Crippen molar-refractivity contribution in [3.63, 3.8) is 0 Å². The molecule has 0 unspecified atom stereocenters. The molecule has 6 heteroatoms. The normalized spacial score (nSPS) is 28.9. The number of benzene rings is 2. The molecule has 2 aliphatic heterocycles. The molecule has 0 spiro atoms. The molecular weight excluding hydrogens is 419 g/mol. The SMILES string of the molecule is O=C1CCCN1C1C(c2ccccc2Cl)C(N2CCCC2=O)C1c1ccccc1Cl. The summed E-state index contributed by atoms with van der Waals surface area (Å²) in [6, 6.07) is 15.6. The van der Waals surface area contributed by atoms with Gasteiger partial charge in [0, 0.05) is 59.9 Å². The Morgan fingerprint density at radius 1 is 0.667 bits per heavy atom. The van der Waals surface area contributed by atoms with Gasteiger partial charge in [-0.15, -0.1) is 0 Å². The second kappa shape index (κ2) is 7.90. The molecule has 3 aliphatic rings. The van der Waals surface area contributed by atoms with Gasteiger partial charge in [-0.2, -0.15) is 0 Å². The number of carbonyl (C=O) groups excluding carboxylic acids is 2. The maximum Gasteiger partial charge on any atom is 0.222 e. The van der Waals surface area contributed by atoms with Crippen LogP contribution in [-0.2, 0) is 9.59 Å². The Balaban J connectivity index is 1.65. The molecule has 156 valence electrons. The summed E-state index contributed by atoms with van der Waals surface area (Å²) in [7, 11) is 0. The van der Waals surface area contributed by atoms with E-state index in [4.69, 9.17) is 23.2 Å². The largest absolute Gasteiger partial charge is 0.338 e. The third-order valence-electron chi connectivity index (χ3n) is 6.94. The standard InChI is InChI=1S/C24H24Cl2N2O2/c25-17-9-3-1-7-15(17)21-23(27-13-5-11-19(27)29)22(16-8-2-4-10-18(16)26)24(21)28-14-6-12-20(28)30/h1-4,7-10,21-24H,5-6,11-14H2. The molecule has 3 fully saturated rings. The first-order chi connectivity index (χ1) is 14.6. The smallest absolute Gasteiger partial charge is 0.222 e. The van der Waals surface area contributed by atoms with Crippen molar-refractivity contribution < 1.29 is 9.59 Å². The van der Waals surface area contributed by atoms with Crippen LogP contribution in [0.15, 0.2) is 48.5 Å². The number of amides is 2. The fourth-order valence-corrected chi connectivity index (χ4v) is 6.20. The molecule has 30 heavy (non-hydrogen) atoms. The molecule has 2 aromatic carbocycles. The lowest BCUT2D eigenvalue weighted by atomic mass is 9.58. The van der Waals surface area contributed by atoms with Gasteiger partial charge >= 0.3 is 0 Å². The van der Waals surface area contributed by atoms with Gasteiger partial charge in [0.15, 0.2) is 0 Å². The summed E-state index contributed by atoms with van der Waals surface area (Å²) in [6.45, 7) is 1.48. The molecular formula is C24H24Cl2N2O2. The number of halogens is 2. The topological polar surface area (TPSA) is 40.6 Å². The van der Waals surface area contributed by atoms with E-state index in [-0.39, 0.29) is 35.7 Å². The van der Waals surface area contributed by atoms with Gasteiger partial charge in [-0.1, -0.05) is 59.6 Å². The lowest BCUT2D eigenvalue weighted by molar-refractivity contribution is -0.140. The lowest BCUT2D eigenvalue weighted by Gasteiger charge is -2.58.